The normalized spacial score (nSPS) is 11.7. The van der Waals surface area contributed by atoms with Crippen LogP contribution in [0, 0.1) is 6.92 Å². The summed E-state index contributed by atoms with van der Waals surface area (Å²) in [5.74, 6) is 0.922. The summed E-state index contributed by atoms with van der Waals surface area (Å²) in [6.45, 7) is 17.4. The average molecular weight is 379 g/mol. The third-order valence-corrected chi connectivity index (χ3v) is 3.04. The predicted octanol–water partition coefficient (Wildman–Crippen LogP) is 5.32. The van der Waals surface area contributed by atoms with E-state index in [0.29, 0.717) is 0 Å². The second-order valence-electron chi connectivity index (χ2n) is 6.72. The number of rotatable bonds is 1. The molecule has 0 atom stereocenters. The Balaban J connectivity index is 0.00000154. The van der Waals surface area contributed by atoms with Gasteiger partial charge in [0.15, 0.2) is 0 Å². The molecule has 1 aromatic carbocycles. The third kappa shape index (κ3) is 5.12. The monoisotopic (exact) mass is 376 g/mol. The van der Waals surface area contributed by atoms with Crippen molar-refractivity contribution >= 4 is 13.6 Å². The van der Waals surface area contributed by atoms with E-state index in [1.807, 2.05) is 0 Å². The standard InChI is InChI=1S/C16H25O.BrH.Zn/c1-11-9-12(15(2,3)4)10-13(14(11)17-8)16(5,6)7;;/h9-10H,1H2,2-8H3;1H;/q-1;;+2/p-1. The van der Waals surface area contributed by atoms with E-state index >= 15 is 0 Å². The molecule has 19 heavy (non-hydrogen) atoms. The fourth-order valence-corrected chi connectivity index (χ4v) is 1.92. The van der Waals surface area contributed by atoms with E-state index in [1.54, 1.807) is 7.11 Å². The molecular weight excluding hydrogens is 353 g/mol. The Labute approximate surface area is 135 Å². The van der Waals surface area contributed by atoms with Crippen molar-refractivity contribution < 1.29 is 21.1 Å². The van der Waals surface area contributed by atoms with Gasteiger partial charge < -0.3 is 4.74 Å². The van der Waals surface area contributed by atoms with Crippen molar-refractivity contribution in [2.24, 2.45) is 0 Å². The number of hydrogen-bond donors (Lipinski definition) is 0. The quantitative estimate of drug-likeness (QED) is 0.475. The van der Waals surface area contributed by atoms with Crippen molar-refractivity contribution in [2.75, 3.05) is 7.11 Å². The van der Waals surface area contributed by atoms with Crippen molar-refractivity contribution in [2.45, 2.75) is 52.4 Å². The van der Waals surface area contributed by atoms with Gasteiger partial charge in [0.25, 0.3) is 0 Å². The summed E-state index contributed by atoms with van der Waals surface area (Å²) in [7, 11) is 1.72. The Kier molecular flexibility index (Phi) is 7.13. The van der Waals surface area contributed by atoms with Crippen LogP contribution < -0.4 is 4.74 Å². The Morgan fingerprint density at radius 2 is 1.47 bits per heavy atom. The minimum absolute atomic E-state index is 0.0685. The molecule has 1 aromatic rings. The van der Waals surface area contributed by atoms with Crippen LogP contribution in [0.2, 0.25) is 0 Å². The molecule has 1 nitrogen and oxygen atoms in total. The van der Waals surface area contributed by atoms with Gasteiger partial charge in [0.1, 0.15) is 0 Å². The second kappa shape index (κ2) is 7.13. The van der Waals surface area contributed by atoms with Crippen LogP contribution in [-0.2, 0) is 27.2 Å². The zero-order chi connectivity index (χ0) is 15.4. The summed E-state index contributed by atoms with van der Waals surface area (Å²) < 4.78 is 5.51. The van der Waals surface area contributed by atoms with Crippen LogP contribution in [0.25, 0.3) is 0 Å². The molecule has 3 heteroatoms. The van der Waals surface area contributed by atoms with Crippen molar-refractivity contribution in [3.05, 3.63) is 35.7 Å². The Morgan fingerprint density at radius 3 is 1.79 bits per heavy atom. The van der Waals surface area contributed by atoms with Crippen LogP contribution in [0.1, 0.15) is 58.2 Å². The first-order valence-electron chi connectivity index (χ1n) is 6.39. The maximum absolute atomic E-state index is 5.51. The summed E-state index contributed by atoms with van der Waals surface area (Å²) in [6.07, 6.45) is 0. The van der Waals surface area contributed by atoms with Gasteiger partial charge in [-0.05, 0) is 10.8 Å². The van der Waals surface area contributed by atoms with E-state index in [2.05, 4.69) is 74.2 Å². The van der Waals surface area contributed by atoms with Gasteiger partial charge in [0.2, 0.25) is 0 Å². The van der Waals surface area contributed by atoms with Gasteiger partial charge in [-0.3, -0.25) is 0 Å². The summed E-state index contributed by atoms with van der Waals surface area (Å²) >= 11 is 4.25. The molecule has 0 bridgehead atoms. The van der Waals surface area contributed by atoms with Crippen LogP contribution in [0.15, 0.2) is 12.1 Å². The molecule has 0 spiro atoms. The number of ether oxygens (including phenoxy) is 1. The van der Waals surface area contributed by atoms with Crippen molar-refractivity contribution in [1.82, 2.24) is 0 Å². The van der Waals surface area contributed by atoms with E-state index < -0.39 is 0 Å². The van der Waals surface area contributed by atoms with Crippen LogP contribution in [-0.4, -0.2) is 7.11 Å². The summed E-state index contributed by atoms with van der Waals surface area (Å²) in [5.41, 5.74) is 3.73. The maximum atomic E-state index is 5.51. The average Bonchev–Trinajstić information content (AvgIpc) is 2.28. The molecule has 0 aliphatic heterocycles. The number of benzene rings is 1. The van der Waals surface area contributed by atoms with Gasteiger partial charge in [0.05, 0.1) is 7.11 Å². The first-order valence-corrected chi connectivity index (χ1v) is 13.3. The molecule has 1 rings (SSSR count). The number of halogens is 1. The van der Waals surface area contributed by atoms with Crippen molar-refractivity contribution in [1.29, 1.82) is 0 Å². The molecule has 0 heterocycles. The molecule has 0 N–H and O–H groups in total. The molecule has 0 aromatic heterocycles. The van der Waals surface area contributed by atoms with E-state index in [1.165, 1.54) is 27.5 Å². The van der Waals surface area contributed by atoms with Crippen LogP contribution in [0.3, 0.4) is 0 Å². The van der Waals surface area contributed by atoms with E-state index in [-0.39, 0.29) is 10.8 Å². The van der Waals surface area contributed by atoms with Crippen LogP contribution >= 0.6 is 13.6 Å². The molecule has 0 radical (unpaired) electrons. The molecule has 0 unspecified atom stereocenters. The minimum atomic E-state index is 0.0685. The van der Waals surface area contributed by atoms with Gasteiger partial charge in [-0.15, -0.1) is 0 Å². The zero-order valence-electron chi connectivity index (χ0n) is 13.4. The summed E-state index contributed by atoms with van der Waals surface area (Å²) in [6, 6.07) is 4.39. The Hall–Kier alpha value is -0.00662. The van der Waals surface area contributed by atoms with Gasteiger partial charge in [-0.25, -0.2) is 0 Å². The van der Waals surface area contributed by atoms with Gasteiger partial charge in [-0.1, -0.05) is 58.7 Å². The summed E-state index contributed by atoms with van der Waals surface area (Å²) in [4.78, 5) is 0. The first-order chi connectivity index (χ1) is 8.57. The SMILES string of the molecule is [CH2-]c1cc(C(C)(C)C)cc(C(C)(C)C)c1OC.[Zn+][Br]. The summed E-state index contributed by atoms with van der Waals surface area (Å²) in [5, 5.41) is 0. The fraction of sp³-hybridized carbons (Fsp3) is 0.562. The van der Waals surface area contributed by atoms with Gasteiger partial charge >= 0.3 is 30.0 Å². The van der Waals surface area contributed by atoms with Gasteiger partial charge in [-0.2, -0.15) is 18.6 Å². The van der Waals surface area contributed by atoms with Crippen molar-refractivity contribution in [3.63, 3.8) is 0 Å². The molecular formula is C16H25BrOZn. The molecule has 0 aliphatic rings. The zero-order valence-corrected chi connectivity index (χ0v) is 17.9. The topological polar surface area (TPSA) is 9.23 Å². The number of hydrogen-bond acceptors (Lipinski definition) is 1. The van der Waals surface area contributed by atoms with E-state index in [4.69, 9.17) is 4.74 Å². The van der Waals surface area contributed by atoms with Crippen LogP contribution in [0.5, 0.6) is 5.75 Å². The third-order valence-electron chi connectivity index (χ3n) is 3.04. The fourth-order valence-electron chi connectivity index (χ4n) is 1.92. The van der Waals surface area contributed by atoms with E-state index in [9.17, 15) is 0 Å². The number of methoxy groups -OCH3 is 1. The van der Waals surface area contributed by atoms with Gasteiger partial charge in [0, 0.05) is 5.75 Å². The molecule has 0 fully saturated rings. The van der Waals surface area contributed by atoms with Crippen LogP contribution in [0.4, 0.5) is 0 Å². The Bertz CT molecular complexity index is 414. The molecule has 0 amide bonds. The molecule has 0 aliphatic carbocycles. The second-order valence-corrected chi connectivity index (χ2v) is 6.72. The van der Waals surface area contributed by atoms with E-state index in [0.717, 1.165) is 11.3 Å². The predicted molar refractivity (Wildman–Crippen MR) is 83.8 cm³/mol. The molecule has 0 saturated carbocycles. The molecule has 0 saturated heterocycles. The first kappa shape index (κ1) is 19.0. The Morgan fingerprint density at radius 1 is 1.00 bits per heavy atom. The van der Waals surface area contributed by atoms with Crippen molar-refractivity contribution in [3.8, 4) is 5.75 Å². The molecule has 104 valence electrons.